The van der Waals surface area contributed by atoms with Crippen LogP contribution in [0.1, 0.15) is 349 Å². The van der Waals surface area contributed by atoms with Crippen LogP contribution in [-0.2, 0) is 49.4 Å². The zero-order valence-corrected chi connectivity index (χ0v) is 54.2. The zero-order valence-electron chi connectivity index (χ0n) is 54.2. The summed E-state index contributed by atoms with van der Waals surface area (Å²) in [6, 6.07) is -0.488. The van der Waals surface area contributed by atoms with Gasteiger partial charge in [-0.3, -0.25) is 24.1 Å². The Morgan fingerprint density at radius 3 is 1.41 bits per heavy atom. The number of rotatable bonds is 60. The number of carbonyl (C=O) groups excluding carboxylic acids is 4. The van der Waals surface area contributed by atoms with Gasteiger partial charge in [0, 0.05) is 57.6 Å². The molecule has 1 aliphatic rings. The number of likely N-dealkylation sites (tertiary alicyclic amines) is 1. The molecule has 1 saturated heterocycles. The molecular formula is C70H129N3O9. The van der Waals surface area contributed by atoms with Gasteiger partial charge in [0.1, 0.15) is 12.1 Å². The molecule has 0 N–H and O–H groups in total. The third-order valence-corrected chi connectivity index (χ3v) is 16.9. The number of hydrogen-bond donors (Lipinski definition) is 0. The number of hydrogen-bond acceptors (Lipinski definition) is 11. The maximum Gasteiger partial charge on any atom is 0.323 e. The SMILES string of the molecule is CCCCCCCCCCCOC(=O)CCCCCN1CC(OC(=O)CCn2ccnc2)C[C@H]1C(=O)OCCCCCCCC(=O)OC(CCCCCCCC)(CCCCCCCC)OC(CCCCCCCC)CCCCCCCC. The molecule has 0 aliphatic carbocycles. The molecule has 1 aromatic heterocycles. The third kappa shape index (κ3) is 41.1. The third-order valence-electron chi connectivity index (χ3n) is 16.9. The highest BCUT2D eigenvalue weighted by molar-refractivity contribution is 5.76. The average molecular weight is 1160 g/mol. The van der Waals surface area contributed by atoms with E-state index in [0.29, 0.717) is 52.1 Å². The van der Waals surface area contributed by atoms with Crippen molar-refractivity contribution in [3.63, 3.8) is 0 Å². The van der Waals surface area contributed by atoms with Crippen molar-refractivity contribution in [3.8, 4) is 0 Å². The molecular weight excluding hydrogens is 1030 g/mol. The number of aryl methyl sites for hydroxylation is 1. The summed E-state index contributed by atoms with van der Waals surface area (Å²) in [5, 5.41) is 0. The second-order valence-corrected chi connectivity index (χ2v) is 24.7. The summed E-state index contributed by atoms with van der Waals surface area (Å²) in [6.07, 6.45) is 57.2. The molecule has 1 unspecified atom stereocenters. The monoisotopic (exact) mass is 1160 g/mol. The van der Waals surface area contributed by atoms with Crippen molar-refractivity contribution >= 4 is 23.9 Å². The van der Waals surface area contributed by atoms with E-state index in [1.165, 1.54) is 173 Å². The van der Waals surface area contributed by atoms with Crippen molar-refractivity contribution in [1.82, 2.24) is 14.5 Å². The molecule has 1 aliphatic heterocycles. The molecule has 478 valence electrons. The molecule has 2 atom stereocenters. The fourth-order valence-electron chi connectivity index (χ4n) is 11.8. The summed E-state index contributed by atoms with van der Waals surface area (Å²) in [5.41, 5.74) is 0. The number of carbonyl (C=O) groups is 4. The number of aromatic nitrogens is 2. The smallest absolute Gasteiger partial charge is 0.323 e. The predicted molar refractivity (Wildman–Crippen MR) is 338 cm³/mol. The molecule has 0 spiro atoms. The van der Waals surface area contributed by atoms with Gasteiger partial charge in [-0.1, -0.05) is 253 Å². The van der Waals surface area contributed by atoms with E-state index >= 15 is 0 Å². The van der Waals surface area contributed by atoms with E-state index in [1.54, 1.807) is 12.5 Å². The molecule has 0 saturated carbocycles. The normalized spacial score (nSPS) is 14.7. The van der Waals surface area contributed by atoms with Crippen molar-refractivity contribution in [2.24, 2.45) is 0 Å². The Balaban J connectivity index is 1.95. The Morgan fingerprint density at radius 1 is 0.476 bits per heavy atom. The van der Waals surface area contributed by atoms with Crippen LogP contribution in [-0.4, -0.2) is 88.7 Å². The van der Waals surface area contributed by atoms with E-state index in [1.807, 2.05) is 10.8 Å². The van der Waals surface area contributed by atoms with Gasteiger partial charge < -0.3 is 28.3 Å². The first-order chi connectivity index (χ1) is 40.2. The molecule has 0 radical (unpaired) electrons. The van der Waals surface area contributed by atoms with E-state index in [-0.39, 0.29) is 36.4 Å². The van der Waals surface area contributed by atoms with Gasteiger partial charge >= 0.3 is 23.9 Å². The predicted octanol–water partition coefficient (Wildman–Crippen LogP) is 19.4. The lowest BCUT2D eigenvalue weighted by Gasteiger charge is -2.37. The van der Waals surface area contributed by atoms with Crippen LogP contribution < -0.4 is 0 Å². The van der Waals surface area contributed by atoms with Crippen LogP contribution in [0.4, 0.5) is 0 Å². The van der Waals surface area contributed by atoms with Crippen LogP contribution in [0.25, 0.3) is 0 Å². The van der Waals surface area contributed by atoms with Gasteiger partial charge in [-0.25, -0.2) is 4.98 Å². The minimum absolute atomic E-state index is 0.117. The standard InChI is InChI=1S/C70H129N3O9/c1-6-11-16-21-26-27-28-35-45-58-78-66(74)49-41-37-44-55-73-61-64(80-67(75)51-56-72-57-54-71-62-72)60-65(73)69(77)79-59-46-36-29-32-40-50-68(76)82-70(52-42-33-24-19-14-9-4,53-43-34-25-20-15-10-5)81-63(47-38-30-22-17-12-7-2)48-39-31-23-18-13-8-3/h54,57,62-65H,6-53,55-56,58-61H2,1-5H3/t64?,65-/m0/s1. The molecule has 1 aromatic rings. The summed E-state index contributed by atoms with van der Waals surface area (Å²) in [7, 11) is 0. The summed E-state index contributed by atoms with van der Waals surface area (Å²) in [5.74, 6) is -1.66. The first-order valence-electron chi connectivity index (χ1n) is 35.3. The Morgan fingerprint density at radius 2 is 0.915 bits per heavy atom. The van der Waals surface area contributed by atoms with Crippen molar-refractivity contribution in [3.05, 3.63) is 18.7 Å². The average Bonchev–Trinajstić information content (AvgIpc) is 4.34. The Bertz CT molecular complexity index is 1590. The Kier molecular flexibility index (Phi) is 49.0. The lowest BCUT2D eigenvalue weighted by atomic mass is 9.97. The van der Waals surface area contributed by atoms with Gasteiger partial charge in [-0.15, -0.1) is 0 Å². The topological polar surface area (TPSA) is 135 Å². The maximum atomic E-state index is 14.0. The molecule has 2 rings (SSSR count). The van der Waals surface area contributed by atoms with Crippen LogP contribution in [0.2, 0.25) is 0 Å². The number of nitrogens with zero attached hydrogens (tertiary/aromatic N) is 3. The Labute approximate surface area is 503 Å². The maximum absolute atomic E-state index is 14.0. The first-order valence-corrected chi connectivity index (χ1v) is 35.3. The highest BCUT2D eigenvalue weighted by atomic mass is 16.7. The zero-order chi connectivity index (χ0) is 59.2. The molecule has 12 heteroatoms. The molecule has 0 amide bonds. The number of imidazole rings is 1. The van der Waals surface area contributed by atoms with Crippen molar-refractivity contribution in [2.75, 3.05) is 26.3 Å². The van der Waals surface area contributed by atoms with Gasteiger partial charge in [0.05, 0.1) is 32.1 Å². The summed E-state index contributed by atoms with van der Waals surface area (Å²) in [6.45, 7) is 13.8. The van der Waals surface area contributed by atoms with Crippen LogP contribution in [0.5, 0.6) is 0 Å². The molecule has 1 fully saturated rings. The number of unbranched alkanes of at least 4 members (excludes halogenated alkanes) is 34. The van der Waals surface area contributed by atoms with Gasteiger partial charge in [0.15, 0.2) is 0 Å². The molecule has 2 heterocycles. The summed E-state index contributed by atoms with van der Waals surface area (Å²) >= 11 is 0. The van der Waals surface area contributed by atoms with Crippen molar-refractivity contribution in [1.29, 1.82) is 0 Å². The fourth-order valence-corrected chi connectivity index (χ4v) is 11.8. The molecule has 12 nitrogen and oxygen atoms in total. The lowest BCUT2D eigenvalue weighted by Crippen LogP contribution is -2.42. The second-order valence-electron chi connectivity index (χ2n) is 24.7. The largest absolute Gasteiger partial charge is 0.466 e. The molecule has 82 heavy (non-hydrogen) atoms. The quantitative estimate of drug-likeness (QED) is 0.0267. The molecule has 0 bridgehead atoms. The highest BCUT2D eigenvalue weighted by Gasteiger charge is 2.40. The van der Waals surface area contributed by atoms with E-state index < -0.39 is 17.9 Å². The van der Waals surface area contributed by atoms with Crippen LogP contribution in [0, 0.1) is 0 Å². The Hall–Kier alpha value is -2.99. The number of ether oxygens (including phenoxy) is 5. The van der Waals surface area contributed by atoms with Gasteiger partial charge in [0.25, 0.3) is 0 Å². The van der Waals surface area contributed by atoms with Crippen LogP contribution in [0.15, 0.2) is 18.7 Å². The first kappa shape index (κ1) is 75.1. The van der Waals surface area contributed by atoms with Gasteiger partial charge in [-0.05, 0) is 64.3 Å². The summed E-state index contributed by atoms with van der Waals surface area (Å²) < 4.78 is 33.3. The molecule has 0 aromatic carbocycles. The second kappa shape index (κ2) is 53.5. The van der Waals surface area contributed by atoms with E-state index in [0.717, 1.165) is 116 Å². The van der Waals surface area contributed by atoms with Gasteiger partial charge in [0.2, 0.25) is 5.79 Å². The van der Waals surface area contributed by atoms with Crippen molar-refractivity contribution in [2.45, 2.75) is 380 Å². The van der Waals surface area contributed by atoms with Gasteiger partial charge in [-0.2, -0.15) is 0 Å². The van der Waals surface area contributed by atoms with E-state index in [9.17, 15) is 19.2 Å². The van der Waals surface area contributed by atoms with Crippen molar-refractivity contribution < 1.29 is 42.9 Å². The van der Waals surface area contributed by atoms with Crippen LogP contribution in [0.3, 0.4) is 0 Å². The van der Waals surface area contributed by atoms with Crippen LogP contribution >= 0.6 is 0 Å². The highest BCUT2D eigenvalue weighted by Crippen LogP contribution is 2.34. The fraction of sp³-hybridized carbons (Fsp3) is 0.900. The lowest BCUT2D eigenvalue weighted by molar-refractivity contribution is -0.259. The minimum Gasteiger partial charge on any atom is -0.466 e. The van der Waals surface area contributed by atoms with E-state index in [2.05, 4.69) is 44.5 Å². The summed E-state index contributed by atoms with van der Waals surface area (Å²) in [4.78, 5) is 59.2. The minimum atomic E-state index is -0.857. The van der Waals surface area contributed by atoms with E-state index in [4.69, 9.17) is 23.7 Å². The number of esters is 4.